The third-order valence-corrected chi connectivity index (χ3v) is 2.31. The highest BCUT2D eigenvalue weighted by atomic mass is 16.3. The smallest absolute Gasteiger partial charge is 0.255 e. The molecule has 0 fully saturated rings. The van der Waals surface area contributed by atoms with E-state index < -0.39 is 6.10 Å². The minimum atomic E-state index is -1.01. The number of anilines is 2. The van der Waals surface area contributed by atoms with E-state index in [0.717, 1.165) is 5.69 Å². The summed E-state index contributed by atoms with van der Waals surface area (Å²) in [5.74, 6) is -0.366. The third kappa shape index (κ3) is 1.44. The highest BCUT2D eigenvalue weighted by Gasteiger charge is 2.26. The number of rotatable bonds is 0. The molecule has 1 aromatic carbocycles. The van der Waals surface area contributed by atoms with E-state index in [2.05, 4.69) is 10.6 Å². The maximum Gasteiger partial charge on any atom is 0.255 e. The summed E-state index contributed by atoms with van der Waals surface area (Å²) >= 11 is 0. The van der Waals surface area contributed by atoms with E-state index in [1.807, 2.05) is 18.2 Å². The average molecular weight is 192 g/mol. The molecule has 1 amide bonds. The van der Waals surface area contributed by atoms with Crippen molar-refractivity contribution in [2.24, 2.45) is 0 Å². The predicted octanol–water partition coefficient (Wildman–Crippen LogP) is 0.800. The van der Waals surface area contributed by atoms with Gasteiger partial charge < -0.3 is 15.7 Å². The highest BCUT2D eigenvalue weighted by molar-refractivity contribution is 5.99. The summed E-state index contributed by atoms with van der Waals surface area (Å²) in [4.78, 5) is 11.4. The number of benzene rings is 1. The molecule has 2 unspecified atom stereocenters. The second-order valence-corrected chi connectivity index (χ2v) is 3.41. The van der Waals surface area contributed by atoms with Crippen LogP contribution in [0.1, 0.15) is 6.92 Å². The fourth-order valence-electron chi connectivity index (χ4n) is 1.48. The van der Waals surface area contributed by atoms with Gasteiger partial charge in [0.2, 0.25) is 0 Å². The van der Waals surface area contributed by atoms with Crippen molar-refractivity contribution in [3.63, 3.8) is 0 Å². The molecule has 0 saturated carbocycles. The zero-order chi connectivity index (χ0) is 10.1. The summed E-state index contributed by atoms with van der Waals surface area (Å²) in [6.07, 6.45) is -1.01. The van der Waals surface area contributed by atoms with Gasteiger partial charge in [-0.2, -0.15) is 0 Å². The number of para-hydroxylation sites is 2. The summed E-state index contributed by atoms with van der Waals surface area (Å²) in [6.45, 7) is 1.77. The van der Waals surface area contributed by atoms with E-state index in [4.69, 9.17) is 0 Å². The van der Waals surface area contributed by atoms with Crippen LogP contribution in [0, 0.1) is 0 Å². The molecule has 1 heterocycles. The maximum absolute atomic E-state index is 11.4. The van der Waals surface area contributed by atoms with Crippen molar-refractivity contribution >= 4 is 17.3 Å². The van der Waals surface area contributed by atoms with Crippen LogP contribution < -0.4 is 10.6 Å². The summed E-state index contributed by atoms with van der Waals surface area (Å²) < 4.78 is 0. The van der Waals surface area contributed by atoms with Gasteiger partial charge in [0.15, 0.2) is 6.10 Å². The summed E-state index contributed by atoms with van der Waals surface area (Å²) in [6, 6.07) is 7.10. The van der Waals surface area contributed by atoms with Crippen LogP contribution >= 0.6 is 0 Å². The molecule has 0 radical (unpaired) electrons. The van der Waals surface area contributed by atoms with Crippen LogP contribution in [0.5, 0.6) is 0 Å². The Hall–Kier alpha value is -1.55. The Kier molecular flexibility index (Phi) is 2.13. The van der Waals surface area contributed by atoms with E-state index in [0.29, 0.717) is 5.69 Å². The molecule has 3 N–H and O–H groups in total. The first-order valence-corrected chi connectivity index (χ1v) is 4.53. The monoisotopic (exact) mass is 192 g/mol. The molecule has 0 spiro atoms. The van der Waals surface area contributed by atoms with Gasteiger partial charge in [0.25, 0.3) is 5.91 Å². The van der Waals surface area contributed by atoms with Crippen molar-refractivity contribution in [1.29, 1.82) is 0 Å². The quantitative estimate of drug-likeness (QED) is 0.569. The largest absolute Gasteiger partial charge is 0.381 e. The number of amides is 1. The second-order valence-electron chi connectivity index (χ2n) is 3.41. The maximum atomic E-state index is 11.4. The predicted molar refractivity (Wildman–Crippen MR) is 54.2 cm³/mol. The van der Waals surface area contributed by atoms with Gasteiger partial charge >= 0.3 is 0 Å². The van der Waals surface area contributed by atoms with Crippen molar-refractivity contribution in [2.75, 3.05) is 10.6 Å². The number of fused-ring (bicyclic) bond motifs is 1. The van der Waals surface area contributed by atoms with E-state index in [9.17, 15) is 9.90 Å². The van der Waals surface area contributed by atoms with Gasteiger partial charge in [-0.15, -0.1) is 0 Å². The van der Waals surface area contributed by atoms with Gasteiger partial charge in [0.05, 0.1) is 17.4 Å². The first-order valence-electron chi connectivity index (χ1n) is 4.53. The first kappa shape index (κ1) is 9.02. The van der Waals surface area contributed by atoms with Crippen molar-refractivity contribution in [3.05, 3.63) is 24.3 Å². The Bertz CT molecular complexity index is 365. The van der Waals surface area contributed by atoms with Gasteiger partial charge in [0.1, 0.15) is 0 Å². The van der Waals surface area contributed by atoms with Gasteiger partial charge in [-0.1, -0.05) is 12.1 Å². The SMILES string of the molecule is CC1Nc2ccccc2NC(=O)C1O. The zero-order valence-corrected chi connectivity index (χ0v) is 7.82. The van der Waals surface area contributed by atoms with Crippen molar-refractivity contribution < 1.29 is 9.90 Å². The lowest BCUT2D eigenvalue weighted by molar-refractivity contribution is -0.124. The number of carbonyl (C=O) groups excluding carboxylic acids is 1. The lowest BCUT2D eigenvalue weighted by Gasteiger charge is -2.15. The number of carbonyl (C=O) groups is 1. The second kappa shape index (κ2) is 3.31. The molecule has 2 rings (SSSR count). The zero-order valence-electron chi connectivity index (χ0n) is 7.82. The number of hydrogen-bond donors (Lipinski definition) is 3. The minimum Gasteiger partial charge on any atom is -0.381 e. The van der Waals surface area contributed by atoms with Crippen LogP contribution in [0.15, 0.2) is 24.3 Å². The third-order valence-electron chi connectivity index (χ3n) is 2.31. The molecule has 2 atom stereocenters. The van der Waals surface area contributed by atoms with Crippen molar-refractivity contribution in [1.82, 2.24) is 0 Å². The molecule has 1 aliphatic rings. The van der Waals surface area contributed by atoms with Crippen LogP contribution in [0.25, 0.3) is 0 Å². The fraction of sp³-hybridized carbons (Fsp3) is 0.300. The molecule has 14 heavy (non-hydrogen) atoms. The van der Waals surface area contributed by atoms with Crippen LogP contribution in [-0.4, -0.2) is 23.2 Å². The molecule has 0 aliphatic carbocycles. The Morgan fingerprint density at radius 2 is 1.93 bits per heavy atom. The topological polar surface area (TPSA) is 61.4 Å². The number of nitrogens with one attached hydrogen (secondary N) is 2. The molecule has 0 saturated heterocycles. The number of aliphatic hydroxyl groups is 1. The Morgan fingerprint density at radius 1 is 1.29 bits per heavy atom. The molecule has 74 valence electrons. The van der Waals surface area contributed by atoms with Crippen molar-refractivity contribution in [2.45, 2.75) is 19.1 Å². The first-order chi connectivity index (χ1) is 6.68. The molecule has 4 nitrogen and oxygen atoms in total. The van der Waals surface area contributed by atoms with E-state index >= 15 is 0 Å². The lowest BCUT2D eigenvalue weighted by Crippen LogP contribution is -2.38. The average Bonchev–Trinajstić information content (AvgIpc) is 2.28. The van der Waals surface area contributed by atoms with Crippen LogP contribution in [0.4, 0.5) is 11.4 Å². The number of aliphatic hydroxyl groups excluding tert-OH is 1. The Morgan fingerprint density at radius 3 is 2.64 bits per heavy atom. The lowest BCUT2D eigenvalue weighted by atomic mass is 10.2. The molecule has 1 aromatic rings. The van der Waals surface area contributed by atoms with E-state index in [1.165, 1.54) is 0 Å². The number of hydrogen-bond acceptors (Lipinski definition) is 3. The molecular formula is C10H12N2O2. The minimum absolute atomic E-state index is 0.279. The van der Waals surface area contributed by atoms with Gasteiger partial charge in [-0.25, -0.2) is 0 Å². The summed E-state index contributed by atoms with van der Waals surface area (Å²) in [7, 11) is 0. The van der Waals surface area contributed by atoms with Crippen LogP contribution in [0.3, 0.4) is 0 Å². The molecule has 0 bridgehead atoms. The van der Waals surface area contributed by atoms with Gasteiger partial charge in [-0.05, 0) is 19.1 Å². The molecule has 0 aromatic heterocycles. The molecule has 1 aliphatic heterocycles. The van der Waals surface area contributed by atoms with Gasteiger partial charge in [-0.3, -0.25) is 4.79 Å². The Balaban J connectivity index is 2.39. The van der Waals surface area contributed by atoms with Crippen LogP contribution in [-0.2, 0) is 4.79 Å². The normalized spacial score (nSPS) is 25.7. The van der Waals surface area contributed by atoms with Gasteiger partial charge in [0, 0.05) is 0 Å². The van der Waals surface area contributed by atoms with Crippen LogP contribution in [0.2, 0.25) is 0 Å². The molecular weight excluding hydrogens is 180 g/mol. The molecule has 4 heteroatoms. The standard InChI is InChI=1S/C10H12N2O2/c1-6-9(13)10(14)12-8-5-3-2-4-7(8)11-6/h2-6,9,11,13H,1H3,(H,12,14). The van der Waals surface area contributed by atoms with E-state index in [-0.39, 0.29) is 11.9 Å². The highest BCUT2D eigenvalue weighted by Crippen LogP contribution is 2.25. The fourth-order valence-corrected chi connectivity index (χ4v) is 1.48. The summed E-state index contributed by atoms with van der Waals surface area (Å²) in [5, 5.41) is 15.2. The summed E-state index contributed by atoms with van der Waals surface area (Å²) in [5.41, 5.74) is 1.55. The van der Waals surface area contributed by atoms with Crippen molar-refractivity contribution in [3.8, 4) is 0 Å². The van der Waals surface area contributed by atoms with E-state index in [1.54, 1.807) is 13.0 Å². The Labute approximate surface area is 81.9 Å².